The third kappa shape index (κ3) is 4.38. The summed E-state index contributed by atoms with van der Waals surface area (Å²) in [5.41, 5.74) is 3.84. The van der Waals surface area contributed by atoms with Gasteiger partial charge >= 0.3 is 0 Å². The van der Waals surface area contributed by atoms with Gasteiger partial charge in [0.1, 0.15) is 17.4 Å². The van der Waals surface area contributed by atoms with Crippen LogP contribution in [0.4, 0.5) is 8.78 Å². The van der Waals surface area contributed by atoms with Gasteiger partial charge in [-0.05, 0) is 42.0 Å². The molecule has 1 atom stereocenters. The van der Waals surface area contributed by atoms with Gasteiger partial charge in [-0.2, -0.15) is 0 Å². The van der Waals surface area contributed by atoms with Crippen LogP contribution in [0, 0.1) is 11.6 Å². The predicted molar refractivity (Wildman–Crippen MR) is 96.0 cm³/mol. The molecule has 0 fully saturated rings. The average Bonchev–Trinajstić information content (AvgIpc) is 2.65. The summed E-state index contributed by atoms with van der Waals surface area (Å²) in [6.45, 7) is 1.51. The Hall–Kier alpha value is -3.48. The molecular weight excluding hydrogens is 354 g/mol. The van der Waals surface area contributed by atoms with Gasteiger partial charge in [-0.15, -0.1) is 0 Å². The number of hydrogen-bond acceptors (Lipinski definition) is 3. The zero-order valence-corrected chi connectivity index (χ0v) is 14.3. The van der Waals surface area contributed by atoms with E-state index in [0.717, 1.165) is 22.9 Å². The van der Waals surface area contributed by atoms with Gasteiger partial charge in [0, 0.05) is 6.07 Å². The fourth-order valence-corrected chi connectivity index (χ4v) is 2.46. The van der Waals surface area contributed by atoms with Crippen molar-refractivity contribution in [1.29, 1.82) is 0 Å². The highest BCUT2D eigenvalue weighted by Gasteiger charge is 2.17. The number of hydrazine groups is 1. The maximum atomic E-state index is 13.6. The van der Waals surface area contributed by atoms with E-state index in [2.05, 4.69) is 10.9 Å². The Morgan fingerprint density at radius 2 is 1.67 bits per heavy atom. The number of fused-ring (bicyclic) bond motifs is 1. The quantitative estimate of drug-likeness (QED) is 0.692. The normalized spacial score (nSPS) is 11.7. The Morgan fingerprint density at radius 3 is 2.41 bits per heavy atom. The Labute approximate surface area is 153 Å². The first-order chi connectivity index (χ1) is 12.9. The van der Waals surface area contributed by atoms with Crippen LogP contribution < -0.4 is 15.6 Å². The van der Waals surface area contributed by atoms with Gasteiger partial charge in [0.25, 0.3) is 11.8 Å². The summed E-state index contributed by atoms with van der Waals surface area (Å²) in [6, 6.07) is 15.6. The molecule has 2 N–H and O–H groups in total. The maximum absolute atomic E-state index is 13.6. The van der Waals surface area contributed by atoms with Crippen LogP contribution in [-0.2, 0) is 4.79 Å². The summed E-state index contributed by atoms with van der Waals surface area (Å²) in [5.74, 6) is -2.86. The SMILES string of the molecule is C[C@H](Oc1ccc2ccccc2c1)C(=O)NNC(=O)c1ccc(F)cc1F. The van der Waals surface area contributed by atoms with Crippen LogP contribution in [0.15, 0.2) is 60.7 Å². The lowest BCUT2D eigenvalue weighted by atomic mass is 10.1. The lowest BCUT2D eigenvalue weighted by molar-refractivity contribution is -0.128. The highest BCUT2D eigenvalue weighted by atomic mass is 19.1. The molecule has 0 saturated carbocycles. The molecule has 3 aromatic carbocycles. The van der Waals surface area contributed by atoms with Crippen molar-refractivity contribution in [3.63, 3.8) is 0 Å². The fourth-order valence-electron chi connectivity index (χ4n) is 2.46. The molecule has 0 bridgehead atoms. The molecule has 5 nitrogen and oxygen atoms in total. The third-order valence-corrected chi connectivity index (χ3v) is 3.88. The third-order valence-electron chi connectivity index (χ3n) is 3.88. The Balaban J connectivity index is 1.59. The first-order valence-electron chi connectivity index (χ1n) is 8.15. The smallest absolute Gasteiger partial charge is 0.279 e. The predicted octanol–water partition coefficient (Wildman–Crippen LogP) is 3.35. The zero-order chi connectivity index (χ0) is 19.4. The van der Waals surface area contributed by atoms with Crippen molar-refractivity contribution in [2.24, 2.45) is 0 Å². The lowest BCUT2D eigenvalue weighted by Crippen LogP contribution is -2.47. The first-order valence-corrected chi connectivity index (χ1v) is 8.15. The second-order valence-corrected chi connectivity index (χ2v) is 5.84. The van der Waals surface area contributed by atoms with E-state index < -0.39 is 29.6 Å². The van der Waals surface area contributed by atoms with Crippen molar-refractivity contribution < 1.29 is 23.1 Å². The minimum atomic E-state index is -1.03. The molecule has 0 aliphatic heterocycles. The molecule has 27 heavy (non-hydrogen) atoms. The molecule has 0 heterocycles. The molecule has 3 rings (SSSR count). The van der Waals surface area contributed by atoms with Crippen LogP contribution >= 0.6 is 0 Å². The number of nitrogens with one attached hydrogen (secondary N) is 2. The summed E-state index contributed by atoms with van der Waals surface area (Å²) in [7, 11) is 0. The van der Waals surface area contributed by atoms with Crippen molar-refractivity contribution in [2.45, 2.75) is 13.0 Å². The number of benzene rings is 3. The number of amides is 2. The molecular formula is C20H16F2N2O3. The number of carbonyl (C=O) groups is 2. The molecule has 0 spiro atoms. The minimum absolute atomic E-state index is 0.389. The summed E-state index contributed by atoms with van der Waals surface area (Å²) in [5, 5.41) is 2.00. The molecule has 0 saturated heterocycles. The number of rotatable bonds is 4. The van der Waals surface area contributed by atoms with Crippen LogP contribution in [0.5, 0.6) is 5.75 Å². The molecule has 0 aliphatic rings. The Kier molecular flexibility index (Phi) is 5.30. The van der Waals surface area contributed by atoms with Crippen molar-refractivity contribution in [1.82, 2.24) is 10.9 Å². The molecule has 0 unspecified atom stereocenters. The van der Waals surface area contributed by atoms with Gasteiger partial charge in [-0.3, -0.25) is 20.4 Å². The standard InChI is InChI=1S/C20H16F2N2O3/c1-12(27-16-8-6-13-4-2-3-5-14(13)10-16)19(25)23-24-20(26)17-9-7-15(21)11-18(17)22/h2-12H,1H3,(H,23,25)(H,24,26)/t12-/m0/s1. The van der Waals surface area contributed by atoms with Crippen molar-refractivity contribution in [3.05, 3.63) is 77.9 Å². The van der Waals surface area contributed by atoms with E-state index in [1.165, 1.54) is 6.92 Å². The fraction of sp³-hybridized carbons (Fsp3) is 0.100. The highest BCUT2D eigenvalue weighted by Crippen LogP contribution is 2.21. The van der Waals surface area contributed by atoms with E-state index in [0.29, 0.717) is 11.8 Å². The van der Waals surface area contributed by atoms with E-state index in [9.17, 15) is 18.4 Å². The topological polar surface area (TPSA) is 67.4 Å². The number of halogens is 2. The minimum Gasteiger partial charge on any atom is -0.481 e. The molecule has 0 aliphatic carbocycles. The largest absolute Gasteiger partial charge is 0.481 e. The van der Waals surface area contributed by atoms with Crippen LogP contribution in [0.2, 0.25) is 0 Å². The first kappa shape index (κ1) is 18.3. The summed E-state index contributed by atoms with van der Waals surface area (Å²) in [4.78, 5) is 24.0. The molecule has 138 valence electrons. The average molecular weight is 370 g/mol. The Bertz CT molecular complexity index is 1010. The second kappa shape index (κ2) is 7.82. The van der Waals surface area contributed by atoms with Crippen molar-refractivity contribution in [3.8, 4) is 5.75 Å². The van der Waals surface area contributed by atoms with Crippen LogP contribution in [0.3, 0.4) is 0 Å². The molecule has 3 aromatic rings. The number of ether oxygens (including phenoxy) is 1. The van der Waals surface area contributed by atoms with E-state index in [1.54, 1.807) is 12.1 Å². The molecule has 7 heteroatoms. The highest BCUT2D eigenvalue weighted by molar-refractivity contribution is 5.96. The molecule has 2 amide bonds. The lowest BCUT2D eigenvalue weighted by Gasteiger charge is -2.15. The summed E-state index contributed by atoms with van der Waals surface area (Å²) >= 11 is 0. The van der Waals surface area contributed by atoms with Crippen LogP contribution in [0.25, 0.3) is 10.8 Å². The number of hydrogen-bond donors (Lipinski definition) is 2. The van der Waals surface area contributed by atoms with Crippen molar-refractivity contribution in [2.75, 3.05) is 0 Å². The monoisotopic (exact) mass is 370 g/mol. The van der Waals surface area contributed by atoms with E-state index in [4.69, 9.17) is 4.74 Å². The summed E-state index contributed by atoms with van der Waals surface area (Å²) < 4.78 is 32.0. The van der Waals surface area contributed by atoms with Gasteiger partial charge < -0.3 is 4.74 Å². The number of carbonyl (C=O) groups excluding carboxylic acids is 2. The Morgan fingerprint density at radius 1 is 0.926 bits per heavy atom. The van der Waals surface area contributed by atoms with Gasteiger partial charge in [0.05, 0.1) is 5.56 Å². The van der Waals surface area contributed by atoms with Gasteiger partial charge in [-0.1, -0.05) is 30.3 Å². The van der Waals surface area contributed by atoms with Crippen molar-refractivity contribution >= 4 is 22.6 Å². The van der Waals surface area contributed by atoms with Crippen LogP contribution in [-0.4, -0.2) is 17.9 Å². The second-order valence-electron chi connectivity index (χ2n) is 5.84. The summed E-state index contributed by atoms with van der Waals surface area (Å²) in [6.07, 6.45) is -0.912. The van der Waals surface area contributed by atoms with Gasteiger partial charge in [0.15, 0.2) is 6.10 Å². The van der Waals surface area contributed by atoms with E-state index >= 15 is 0 Å². The molecule has 0 radical (unpaired) electrons. The zero-order valence-electron chi connectivity index (χ0n) is 14.3. The van der Waals surface area contributed by atoms with Crippen LogP contribution in [0.1, 0.15) is 17.3 Å². The van der Waals surface area contributed by atoms with Gasteiger partial charge in [0.2, 0.25) is 0 Å². The maximum Gasteiger partial charge on any atom is 0.279 e. The van der Waals surface area contributed by atoms with Gasteiger partial charge in [-0.25, -0.2) is 8.78 Å². The molecule has 0 aromatic heterocycles. The van der Waals surface area contributed by atoms with E-state index in [-0.39, 0.29) is 5.56 Å². The van der Waals surface area contributed by atoms with E-state index in [1.807, 2.05) is 30.3 Å².